The van der Waals surface area contributed by atoms with Crippen LogP contribution in [0.5, 0.6) is 0 Å². The van der Waals surface area contributed by atoms with E-state index >= 15 is 0 Å². The molecule has 7 heteroatoms. The summed E-state index contributed by atoms with van der Waals surface area (Å²) in [5, 5.41) is 21.5. The number of nitro benzene ring substituents is 1. The minimum absolute atomic E-state index is 0.0396. The van der Waals surface area contributed by atoms with E-state index in [1.165, 1.54) is 24.3 Å². The Balaban J connectivity index is 2.10. The van der Waals surface area contributed by atoms with Crippen LogP contribution in [0, 0.1) is 26.1 Å². The highest BCUT2D eigenvalue weighted by Gasteiger charge is 2.18. The van der Waals surface area contributed by atoms with Gasteiger partial charge in [-0.05, 0) is 17.7 Å². The van der Waals surface area contributed by atoms with Crippen LogP contribution in [0.25, 0.3) is 6.08 Å². The molecule has 0 saturated carbocycles. The molecule has 0 amide bonds. The maximum absolute atomic E-state index is 12.3. The Hall–Kier alpha value is -3.35. The minimum atomic E-state index is -0.558. The molecule has 0 spiro atoms. The molecule has 0 aliphatic heterocycles. The first-order valence-corrected chi connectivity index (χ1v) is 7.58. The van der Waals surface area contributed by atoms with E-state index in [1.807, 2.05) is 30.3 Å². The number of carbonyl (C=O) groups is 1. The number of nitro groups is 2. The Morgan fingerprint density at radius 1 is 1.00 bits per heavy atom. The van der Waals surface area contributed by atoms with Crippen LogP contribution >= 0.6 is 0 Å². The molecule has 0 radical (unpaired) electrons. The fourth-order valence-corrected chi connectivity index (χ4v) is 2.32. The minimum Gasteiger partial charge on any atom is -0.294 e. The summed E-state index contributed by atoms with van der Waals surface area (Å²) in [6.07, 6.45) is 3.36. The second kappa shape index (κ2) is 8.49. The van der Waals surface area contributed by atoms with Crippen molar-refractivity contribution in [2.24, 2.45) is 5.92 Å². The van der Waals surface area contributed by atoms with Gasteiger partial charge in [-0.2, -0.15) is 0 Å². The Morgan fingerprint density at radius 2 is 1.64 bits per heavy atom. The second-order valence-corrected chi connectivity index (χ2v) is 5.48. The molecule has 0 aliphatic carbocycles. The predicted molar refractivity (Wildman–Crippen MR) is 92.9 cm³/mol. The first-order chi connectivity index (χ1) is 12.0. The third kappa shape index (κ3) is 5.65. The van der Waals surface area contributed by atoms with Crippen molar-refractivity contribution in [3.8, 4) is 0 Å². The molecule has 0 aromatic heterocycles. The van der Waals surface area contributed by atoms with Gasteiger partial charge in [-0.3, -0.25) is 25.0 Å². The van der Waals surface area contributed by atoms with E-state index in [2.05, 4.69) is 0 Å². The van der Waals surface area contributed by atoms with E-state index in [9.17, 15) is 25.0 Å². The number of ketones is 1. The SMILES string of the molecule is O=C(C[C@@H](/C=C/c1ccccc1)C[N+](=O)[O-])c1ccc([N+](=O)[O-])cc1. The third-order valence-electron chi connectivity index (χ3n) is 3.59. The average Bonchev–Trinajstić information content (AvgIpc) is 2.60. The summed E-state index contributed by atoms with van der Waals surface area (Å²) in [5.74, 6) is -0.850. The number of carbonyl (C=O) groups excluding carboxylic acids is 1. The molecule has 0 aliphatic rings. The molecule has 0 fully saturated rings. The zero-order chi connectivity index (χ0) is 18.2. The number of Topliss-reactive ketones (excluding diaryl/α,β-unsaturated/α-hetero) is 1. The number of rotatable bonds is 8. The summed E-state index contributed by atoms with van der Waals surface area (Å²) < 4.78 is 0. The lowest BCUT2D eigenvalue weighted by Gasteiger charge is -2.08. The van der Waals surface area contributed by atoms with Gasteiger partial charge in [0.2, 0.25) is 6.54 Å². The maximum atomic E-state index is 12.3. The van der Waals surface area contributed by atoms with E-state index in [4.69, 9.17) is 0 Å². The van der Waals surface area contributed by atoms with Crippen LogP contribution in [0.15, 0.2) is 60.7 Å². The van der Waals surface area contributed by atoms with Crippen LogP contribution in [0.3, 0.4) is 0 Å². The molecule has 0 N–H and O–H groups in total. The van der Waals surface area contributed by atoms with Crippen molar-refractivity contribution in [2.45, 2.75) is 6.42 Å². The largest absolute Gasteiger partial charge is 0.294 e. The Bertz CT molecular complexity index is 785. The summed E-state index contributed by atoms with van der Waals surface area (Å²) in [6.45, 7) is -0.359. The van der Waals surface area contributed by atoms with Crippen molar-refractivity contribution in [1.82, 2.24) is 0 Å². The van der Waals surface area contributed by atoms with Gasteiger partial charge in [-0.1, -0.05) is 42.5 Å². The van der Waals surface area contributed by atoms with Gasteiger partial charge in [0.05, 0.1) is 4.92 Å². The van der Waals surface area contributed by atoms with Crippen molar-refractivity contribution in [3.63, 3.8) is 0 Å². The molecule has 1 atom stereocenters. The Kier molecular flexibility index (Phi) is 6.11. The van der Waals surface area contributed by atoms with E-state index in [0.717, 1.165) is 5.56 Å². The molecule has 2 rings (SSSR count). The van der Waals surface area contributed by atoms with E-state index in [-0.39, 0.29) is 24.4 Å². The fraction of sp³-hybridized carbons (Fsp3) is 0.167. The molecule has 0 bridgehead atoms. The lowest BCUT2D eigenvalue weighted by Crippen LogP contribution is -2.16. The van der Waals surface area contributed by atoms with Crippen LogP contribution in [-0.2, 0) is 0 Å². The van der Waals surface area contributed by atoms with Gasteiger partial charge in [0, 0.05) is 35.0 Å². The van der Waals surface area contributed by atoms with Crippen LogP contribution in [0.2, 0.25) is 0 Å². The molecule has 2 aromatic carbocycles. The van der Waals surface area contributed by atoms with Crippen LogP contribution in [0.4, 0.5) is 5.69 Å². The third-order valence-corrected chi connectivity index (χ3v) is 3.59. The summed E-state index contributed by atoms with van der Waals surface area (Å²) >= 11 is 0. The van der Waals surface area contributed by atoms with Gasteiger partial charge in [0.25, 0.3) is 5.69 Å². The highest BCUT2D eigenvalue weighted by molar-refractivity contribution is 5.96. The summed E-state index contributed by atoms with van der Waals surface area (Å²) in [4.78, 5) is 32.8. The fourth-order valence-electron chi connectivity index (χ4n) is 2.32. The summed E-state index contributed by atoms with van der Waals surface area (Å²) in [6, 6.07) is 14.5. The lowest BCUT2D eigenvalue weighted by molar-refractivity contribution is -0.485. The molecular formula is C18H16N2O5. The topological polar surface area (TPSA) is 103 Å². The monoisotopic (exact) mass is 340 g/mol. The molecule has 128 valence electrons. The Morgan fingerprint density at radius 3 is 2.20 bits per heavy atom. The number of non-ortho nitro benzene ring substituents is 1. The molecule has 0 saturated heterocycles. The average molecular weight is 340 g/mol. The normalized spacial score (nSPS) is 12.0. The Labute approximate surface area is 143 Å². The second-order valence-electron chi connectivity index (χ2n) is 5.48. The van der Waals surface area contributed by atoms with Gasteiger partial charge in [-0.15, -0.1) is 0 Å². The van der Waals surface area contributed by atoms with E-state index < -0.39 is 15.8 Å². The predicted octanol–water partition coefficient (Wildman–Crippen LogP) is 3.77. The molecule has 0 heterocycles. The molecule has 2 aromatic rings. The van der Waals surface area contributed by atoms with Gasteiger partial charge < -0.3 is 0 Å². The van der Waals surface area contributed by atoms with Gasteiger partial charge in [0.1, 0.15) is 0 Å². The number of nitrogens with zero attached hydrogens (tertiary/aromatic N) is 2. The molecular weight excluding hydrogens is 324 g/mol. The zero-order valence-corrected chi connectivity index (χ0v) is 13.3. The van der Waals surface area contributed by atoms with Crippen LogP contribution in [-0.4, -0.2) is 22.2 Å². The number of hydrogen-bond acceptors (Lipinski definition) is 5. The highest BCUT2D eigenvalue weighted by Crippen LogP contribution is 2.17. The molecule has 25 heavy (non-hydrogen) atoms. The molecule has 0 unspecified atom stereocenters. The van der Waals surface area contributed by atoms with Gasteiger partial charge >= 0.3 is 0 Å². The summed E-state index contributed by atoms with van der Waals surface area (Å²) in [5.41, 5.74) is 1.08. The van der Waals surface area contributed by atoms with Crippen molar-refractivity contribution >= 4 is 17.5 Å². The highest BCUT2D eigenvalue weighted by atomic mass is 16.6. The maximum Gasteiger partial charge on any atom is 0.269 e. The van der Waals surface area contributed by atoms with E-state index in [0.29, 0.717) is 5.56 Å². The smallest absolute Gasteiger partial charge is 0.269 e. The summed E-state index contributed by atoms with van der Waals surface area (Å²) in [7, 11) is 0. The van der Waals surface area contributed by atoms with Crippen molar-refractivity contribution < 1.29 is 14.6 Å². The van der Waals surface area contributed by atoms with Crippen molar-refractivity contribution in [1.29, 1.82) is 0 Å². The van der Waals surface area contributed by atoms with Gasteiger partial charge in [0.15, 0.2) is 5.78 Å². The zero-order valence-electron chi connectivity index (χ0n) is 13.3. The standard InChI is InChI=1S/C18H16N2O5/c21-18(16-8-10-17(11-9-16)20(24)25)12-15(13-19(22)23)7-6-14-4-2-1-3-5-14/h1-11,15H,12-13H2/b7-6+/t15-/m1/s1. The first kappa shape index (κ1) is 18.0. The van der Waals surface area contributed by atoms with Crippen molar-refractivity contribution in [3.05, 3.63) is 92.0 Å². The number of benzene rings is 2. The number of hydrogen-bond donors (Lipinski definition) is 0. The van der Waals surface area contributed by atoms with E-state index in [1.54, 1.807) is 12.2 Å². The quantitative estimate of drug-likeness (QED) is 0.413. The van der Waals surface area contributed by atoms with Crippen LogP contribution in [0.1, 0.15) is 22.3 Å². The van der Waals surface area contributed by atoms with Gasteiger partial charge in [-0.25, -0.2) is 0 Å². The van der Waals surface area contributed by atoms with Crippen molar-refractivity contribution in [2.75, 3.05) is 6.54 Å². The molecule has 7 nitrogen and oxygen atoms in total. The van der Waals surface area contributed by atoms with Crippen LogP contribution < -0.4 is 0 Å². The lowest BCUT2D eigenvalue weighted by atomic mass is 9.97. The first-order valence-electron chi connectivity index (χ1n) is 7.58.